The second-order valence-electron chi connectivity index (χ2n) is 5.40. The molecule has 1 aromatic carbocycles. The highest BCUT2D eigenvalue weighted by Gasteiger charge is 2.56. The fraction of sp³-hybridized carbons (Fsp3) is 0.600. The van der Waals surface area contributed by atoms with E-state index in [9.17, 15) is 0 Å². The number of fused-ring (bicyclic) bond motifs is 2. The minimum Gasteiger partial charge on any atom is -0.383 e. The minimum absolute atomic E-state index is 0.301. The lowest BCUT2D eigenvalue weighted by atomic mass is 9.88. The molecule has 1 N–H and O–H groups in total. The quantitative estimate of drug-likeness (QED) is 0.804. The van der Waals surface area contributed by atoms with Crippen LogP contribution in [0, 0.1) is 5.92 Å². The molecule has 3 heteroatoms. The number of nitrogens with one attached hydrogen (secondary N) is 1. The molecule has 0 saturated heterocycles. The van der Waals surface area contributed by atoms with Crippen molar-refractivity contribution < 1.29 is 9.47 Å². The Morgan fingerprint density at radius 2 is 2.33 bits per heavy atom. The largest absolute Gasteiger partial charge is 0.383 e. The summed E-state index contributed by atoms with van der Waals surface area (Å²) in [4.78, 5) is 0. The molecule has 2 unspecified atom stereocenters. The fourth-order valence-corrected chi connectivity index (χ4v) is 3.16. The van der Waals surface area contributed by atoms with E-state index in [1.807, 2.05) is 0 Å². The Bertz CT molecular complexity index is 421. The van der Waals surface area contributed by atoms with E-state index in [-0.39, 0.29) is 0 Å². The Morgan fingerprint density at radius 3 is 3.22 bits per heavy atom. The third kappa shape index (κ3) is 2.07. The Hall–Kier alpha value is -0.900. The van der Waals surface area contributed by atoms with E-state index in [1.54, 1.807) is 7.11 Å². The number of hydrogen-bond donors (Lipinski definition) is 1. The van der Waals surface area contributed by atoms with Crippen molar-refractivity contribution in [2.24, 2.45) is 5.92 Å². The van der Waals surface area contributed by atoms with E-state index in [0.29, 0.717) is 5.41 Å². The van der Waals surface area contributed by atoms with Crippen molar-refractivity contribution in [3.63, 3.8) is 0 Å². The third-order valence-electron chi connectivity index (χ3n) is 4.28. The smallest absolute Gasteiger partial charge is 0.0720 e. The van der Waals surface area contributed by atoms with Gasteiger partial charge in [0.25, 0.3) is 0 Å². The first-order valence-corrected chi connectivity index (χ1v) is 6.72. The molecule has 1 fully saturated rings. The zero-order valence-electron chi connectivity index (χ0n) is 10.9. The minimum atomic E-state index is 0.301. The first-order chi connectivity index (χ1) is 8.87. The summed E-state index contributed by atoms with van der Waals surface area (Å²) < 4.78 is 10.8. The summed E-state index contributed by atoms with van der Waals surface area (Å²) in [6.45, 7) is 4.46. The van der Waals surface area contributed by atoms with Gasteiger partial charge in [-0.1, -0.05) is 24.3 Å². The molecule has 1 spiro atoms. The molecule has 2 atom stereocenters. The van der Waals surface area contributed by atoms with Crippen LogP contribution in [-0.4, -0.2) is 33.4 Å². The fourth-order valence-electron chi connectivity index (χ4n) is 3.16. The highest BCUT2D eigenvalue weighted by molar-refractivity contribution is 5.41. The van der Waals surface area contributed by atoms with Gasteiger partial charge in [0, 0.05) is 19.1 Å². The third-order valence-corrected chi connectivity index (χ3v) is 4.28. The van der Waals surface area contributed by atoms with E-state index in [0.717, 1.165) is 38.8 Å². The molecular formula is C15H21NO2. The molecule has 3 nitrogen and oxygen atoms in total. The van der Waals surface area contributed by atoms with Gasteiger partial charge in [0.15, 0.2) is 0 Å². The summed E-state index contributed by atoms with van der Waals surface area (Å²) in [7, 11) is 1.74. The van der Waals surface area contributed by atoms with Crippen LogP contribution < -0.4 is 5.32 Å². The van der Waals surface area contributed by atoms with Gasteiger partial charge >= 0.3 is 0 Å². The SMILES string of the molecule is COCCNCC1CC12COCc1ccccc12. The zero-order valence-corrected chi connectivity index (χ0v) is 10.9. The van der Waals surface area contributed by atoms with E-state index in [1.165, 1.54) is 17.5 Å². The van der Waals surface area contributed by atoms with Crippen molar-refractivity contribution in [1.82, 2.24) is 5.32 Å². The van der Waals surface area contributed by atoms with Gasteiger partial charge in [-0.25, -0.2) is 0 Å². The van der Waals surface area contributed by atoms with Crippen molar-refractivity contribution >= 4 is 0 Å². The van der Waals surface area contributed by atoms with Gasteiger partial charge in [0.05, 0.1) is 19.8 Å². The molecule has 1 aliphatic heterocycles. The van der Waals surface area contributed by atoms with Crippen LogP contribution in [0.5, 0.6) is 0 Å². The molecule has 0 aromatic heterocycles. The molecule has 3 rings (SSSR count). The van der Waals surface area contributed by atoms with Crippen LogP contribution in [0.2, 0.25) is 0 Å². The summed E-state index contributed by atoms with van der Waals surface area (Å²) in [5, 5.41) is 3.47. The molecule has 0 bridgehead atoms. The van der Waals surface area contributed by atoms with E-state index in [4.69, 9.17) is 9.47 Å². The van der Waals surface area contributed by atoms with Crippen LogP contribution in [-0.2, 0) is 21.5 Å². The maximum absolute atomic E-state index is 5.78. The van der Waals surface area contributed by atoms with Crippen LogP contribution in [0.25, 0.3) is 0 Å². The van der Waals surface area contributed by atoms with Gasteiger partial charge in [0.1, 0.15) is 0 Å². The summed E-state index contributed by atoms with van der Waals surface area (Å²) in [5.74, 6) is 0.718. The first-order valence-electron chi connectivity index (χ1n) is 6.72. The van der Waals surface area contributed by atoms with Crippen LogP contribution in [0.15, 0.2) is 24.3 Å². The monoisotopic (exact) mass is 247 g/mol. The van der Waals surface area contributed by atoms with Crippen LogP contribution in [0.4, 0.5) is 0 Å². The molecule has 0 amide bonds. The summed E-state index contributed by atoms with van der Waals surface area (Å²) in [6, 6.07) is 8.74. The molecule has 1 aromatic rings. The first kappa shape index (κ1) is 12.2. The van der Waals surface area contributed by atoms with Gasteiger partial charge < -0.3 is 14.8 Å². The Morgan fingerprint density at radius 1 is 1.44 bits per heavy atom. The lowest BCUT2D eigenvalue weighted by molar-refractivity contribution is 0.0789. The molecule has 98 valence electrons. The van der Waals surface area contributed by atoms with Gasteiger partial charge in [0.2, 0.25) is 0 Å². The Balaban J connectivity index is 1.64. The maximum Gasteiger partial charge on any atom is 0.0720 e. The average Bonchev–Trinajstić information content (AvgIpc) is 3.09. The second-order valence-corrected chi connectivity index (χ2v) is 5.40. The Labute approximate surface area is 108 Å². The Kier molecular flexibility index (Phi) is 3.37. The number of methoxy groups -OCH3 is 1. The summed E-state index contributed by atoms with van der Waals surface area (Å²) >= 11 is 0. The van der Waals surface area contributed by atoms with Gasteiger partial charge in [-0.15, -0.1) is 0 Å². The lowest BCUT2D eigenvalue weighted by Crippen LogP contribution is -2.29. The number of ether oxygens (including phenoxy) is 2. The summed E-state index contributed by atoms with van der Waals surface area (Å²) in [5.41, 5.74) is 3.20. The van der Waals surface area contributed by atoms with Crippen LogP contribution >= 0.6 is 0 Å². The summed E-state index contributed by atoms with van der Waals surface area (Å²) in [6.07, 6.45) is 1.25. The topological polar surface area (TPSA) is 30.5 Å². The molecule has 2 aliphatic rings. The molecule has 1 aliphatic carbocycles. The van der Waals surface area contributed by atoms with Crippen molar-refractivity contribution in [2.45, 2.75) is 18.4 Å². The molecule has 1 heterocycles. The average molecular weight is 247 g/mol. The van der Waals surface area contributed by atoms with Crippen molar-refractivity contribution in [2.75, 3.05) is 33.4 Å². The number of hydrogen-bond acceptors (Lipinski definition) is 3. The number of rotatable bonds is 5. The normalized spacial score (nSPS) is 29.3. The molecule has 0 radical (unpaired) electrons. The highest BCUT2D eigenvalue weighted by atomic mass is 16.5. The van der Waals surface area contributed by atoms with Crippen molar-refractivity contribution in [3.05, 3.63) is 35.4 Å². The second kappa shape index (κ2) is 5.00. The van der Waals surface area contributed by atoms with Crippen molar-refractivity contribution in [3.8, 4) is 0 Å². The highest BCUT2D eigenvalue weighted by Crippen LogP contribution is 2.56. The van der Waals surface area contributed by atoms with E-state index >= 15 is 0 Å². The van der Waals surface area contributed by atoms with Gasteiger partial charge in [-0.05, 0) is 30.0 Å². The van der Waals surface area contributed by atoms with Gasteiger partial charge in [-0.3, -0.25) is 0 Å². The van der Waals surface area contributed by atoms with E-state index < -0.39 is 0 Å². The van der Waals surface area contributed by atoms with Crippen LogP contribution in [0.3, 0.4) is 0 Å². The maximum atomic E-state index is 5.78. The zero-order chi connectivity index (χ0) is 12.4. The predicted molar refractivity (Wildman–Crippen MR) is 70.6 cm³/mol. The number of benzene rings is 1. The molecule has 1 saturated carbocycles. The van der Waals surface area contributed by atoms with Crippen LogP contribution in [0.1, 0.15) is 17.5 Å². The standard InChI is InChI=1S/C15H21NO2/c1-17-7-6-16-9-13-8-15(13)11-18-10-12-4-2-3-5-14(12)15/h2-5,13,16H,6-11H2,1H3. The van der Waals surface area contributed by atoms with Crippen molar-refractivity contribution in [1.29, 1.82) is 0 Å². The lowest BCUT2D eigenvalue weighted by Gasteiger charge is -2.27. The van der Waals surface area contributed by atoms with Gasteiger partial charge in [-0.2, -0.15) is 0 Å². The van der Waals surface area contributed by atoms with E-state index in [2.05, 4.69) is 29.6 Å². The molecule has 18 heavy (non-hydrogen) atoms. The predicted octanol–water partition coefficient (Wildman–Crippen LogP) is 1.71. The molecular weight excluding hydrogens is 226 g/mol.